The van der Waals surface area contributed by atoms with Crippen molar-refractivity contribution in [1.82, 2.24) is 0 Å². The second-order valence-corrected chi connectivity index (χ2v) is 12.9. The van der Waals surface area contributed by atoms with E-state index in [-0.39, 0.29) is 0 Å². The molecule has 0 radical (unpaired) electrons. The van der Waals surface area contributed by atoms with Crippen molar-refractivity contribution >= 4 is 35.4 Å². The van der Waals surface area contributed by atoms with Gasteiger partial charge < -0.3 is 0 Å². The van der Waals surface area contributed by atoms with Crippen LogP contribution in [0.5, 0.6) is 0 Å². The molecule has 0 saturated heterocycles. The van der Waals surface area contributed by atoms with E-state index in [1.54, 1.807) is 0 Å². The molecule has 0 rings (SSSR count). The van der Waals surface area contributed by atoms with E-state index in [9.17, 15) is 74.6 Å². The Kier molecular flexibility index (Phi) is 7.65. The zero-order valence-electron chi connectivity index (χ0n) is 12.3. The van der Waals surface area contributed by atoms with Crippen LogP contribution in [0, 0.1) is 0 Å². The summed E-state index contributed by atoms with van der Waals surface area (Å²) in [5.41, 5.74) is 0. The summed E-state index contributed by atoms with van der Waals surface area (Å²) in [6, 6.07) is 0. The monoisotopic (exact) mass is 630 g/mol. The fourth-order valence-electron chi connectivity index (χ4n) is 1.41. The summed E-state index contributed by atoms with van der Waals surface area (Å²) < 4.78 is 215. The van der Waals surface area contributed by atoms with Crippen LogP contribution in [0.4, 0.5) is 74.6 Å². The van der Waals surface area contributed by atoms with Crippen molar-refractivity contribution in [2.24, 2.45) is 0 Å². The van der Waals surface area contributed by atoms with Crippen LogP contribution in [-0.4, -0.2) is 52.1 Å². The van der Waals surface area contributed by atoms with E-state index < -0.39 is 69.6 Å². The first-order valence-electron chi connectivity index (χ1n) is 5.87. The van der Waals surface area contributed by atoms with Crippen molar-refractivity contribution in [2.75, 3.05) is 4.43 Å². The van der Waals surface area contributed by atoms with Gasteiger partial charge in [-0.3, -0.25) is 0 Å². The van der Waals surface area contributed by atoms with Gasteiger partial charge in [0, 0.05) is 0 Å². The van der Waals surface area contributed by atoms with Crippen LogP contribution in [0.2, 0.25) is 0 Å². The van der Waals surface area contributed by atoms with Gasteiger partial charge in [-0.1, -0.05) is 0 Å². The first kappa shape index (κ1) is 29.1. The molecule has 0 aliphatic carbocycles. The van der Waals surface area contributed by atoms with E-state index in [1.165, 1.54) is 0 Å². The molecule has 0 saturated carbocycles. The average Bonchev–Trinajstić information content (AvgIpc) is 2.43. The summed E-state index contributed by atoms with van der Waals surface area (Å²) in [5.74, 6) is -56.3. The quantitative estimate of drug-likeness (QED) is 0.146. The molecule has 0 aromatic rings. The van der Waals surface area contributed by atoms with Crippen LogP contribution in [0.25, 0.3) is 0 Å². The van der Waals surface area contributed by atoms with Crippen LogP contribution in [-0.2, 0) is 0 Å². The Balaban J connectivity index is 6.65. The van der Waals surface area contributed by atoms with Gasteiger partial charge in [0.25, 0.3) is 0 Å². The number of rotatable bonds is 8. The van der Waals surface area contributed by atoms with E-state index in [2.05, 4.69) is 17.8 Å². The van der Waals surface area contributed by atoms with Gasteiger partial charge in [0.2, 0.25) is 0 Å². The topological polar surface area (TPSA) is 0 Å². The predicted octanol–water partition coefficient (Wildman–Crippen LogP) is 7.81. The van der Waals surface area contributed by atoms with Crippen LogP contribution < -0.4 is 0 Å². The molecule has 0 N–H and O–H groups in total. The van der Waals surface area contributed by atoms with Crippen molar-refractivity contribution in [3.63, 3.8) is 0 Å². The standard InChI is InChI=1S/C9H2Cl2F17I/c10-29(11)1-2(12,13)3(14,15)4(16,17)5(18,19)6(20,21)7(22,23)8(24,25)9(26,27)28/h1H2. The summed E-state index contributed by atoms with van der Waals surface area (Å²) in [4.78, 5) is 0. The molecule has 0 aromatic carbocycles. The van der Waals surface area contributed by atoms with Crippen LogP contribution in [0.1, 0.15) is 0 Å². The third-order valence-corrected chi connectivity index (χ3v) is 5.95. The molecule has 0 heterocycles. The van der Waals surface area contributed by atoms with Gasteiger partial charge in [0.05, 0.1) is 0 Å². The summed E-state index contributed by atoms with van der Waals surface area (Å²) in [5, 5.41) is 0. The fourth-order valence-corrected chi connectivity index (χ4v) is 4.31. The van der Waals surface area contributed by atoms with E-state index in [0.717, 1.165) is 0 Å². The number of halogens is 20. The zero-order valence-corrected chi connectivity index (χ0v) is 15.9. The van der Waals surface area contributed by atoms with Crippen molar-refractivity contribution in [3.05, 3.63) is 0 Å². The maximum atomic E-state index is 13.2. The molecule has 0 bridgehead atoms. The molecule has 29 heavy (non-hydrogen) atoms. The number of alkyl halides is 18. The molecular weight excluding hydrogens is 629 g/mol. The van der Waals surface area contributed by atoms with Crippen molar-refractivity contribution in [2.45, 2.75) is 47.6 Å². The van der Waals surface area contributed by atoms with E-state index in [1.807, 2.05) is 0 Å². The predicted molar refractivity (Wildman–Crippen MR) is 71.3 cm³/mol. The van der Waals surface area contributed by atoms with Gasteiger partial charge >= 0.3 is 162 Å². The molecule has 0 atom stereocenters. The Morgan fingerprint density at radius 1 is 0.414 bits per heavy atom. The Morgan fingerprint density at radius 2 is 0.655 bits per heavy atom. The average molecular weight is 631 g/mol. The first-order valence-corrected chi connectivity index (χ1v) is 12.9. The summed E-state index contributed by atoms with van der Waals surface area (Å²) in [7, 11) is 9.38. The van der Waals surface area contributed by atoms with Gasteiger partial charge in [-0.05, 0) is 0 Å². The van der Waals surface area contributed by atoms with Gasteiger partial charge in [-0.25, -0.2) is 0 Å². The SMILES string of the molecule is FC(F)(F)C(F)(F)C(F)(F)C(F)(F)C(F)(F)C(F)(F)C(F)(F)C(F)(F)CI(Cl)Cl. The molecule has 0 spiro atoms. The zero-order chi connectivity index (χ0) is 24.3. The van der Waals surface area contributed by atoms with E-state index in [0.29, 0.717) is 0 Å². The van der Waals surface area contributed by atoms with Crippen molar-refractivity contribution in [1.29, 1.82) is 0 Å². The Labute approximate surface area is 162 Å². The fraction of sp³-hybridized carbons (Fsp3) is 1.00. The second-order valence-electron chi connectivity index (χ2n) is 5.04. The molecule has 0 amide bonds. The van der Waals surface area contributed by atoms with Crippen LogP contribution >= 0.6 is 35.4 Å². The minimum atomic E-state index is -8.62. The van der Waals surface area contributed by atoms with Crippen LogP contribution in [0.15, 0.2) is 0 Å². The summed E-state index contributed by atoms with van der Waals surface area (Å²) >= 11 is -4.29. The molecule has 0 aliphatic heterocycles. The summed E-state index contributed by atoms with van der Waals surface area (Å²) in [6.07, 6.45) is -7.77. The molecule has 0 fully saturated rings. The Bertz CT molecular complexity index is 594. The van der Waals surface area contributed by atoms with Gasteiger partial charge in [-0.2, -0.15) is 0 Å². The van der Waals surface area contributed by atoms with Crippen molar-refractivity contribution < 1.29 is 74.6 Å². The van der Waals surface area contributed by atoms with Crippen molar-refractivity contribution in [3.8, 4) is 0 Å². The van der Waals surface area contributed by atoms with Gasteiger partial charge in [0.15, 0.2) is 0 Å². The molecule has 0 nitrogen and oxygen atoms in total. The third-order valence-electron chi connectivity index (χ3n) is 3.06. The molecule has 0 unspecified atom stereocenters. The minimum absolute atomic E-state index is 2.71. The van der Waals surface area contributed by atoms with E-state index >= 15 is 0 Å². The second kappa shape index (κ2) is 7.61. The van der Waals surface area contributed by atoms with Gasteiger partial charge in [-0.15, -0.1) is 0 Å². The molecule has 178 valence electrons. The molecular formula is C9H2Cl2F17I. The third kappa shape index (κ3) is 4.13. The first-order chi connectivity index (χ1) is 12.2. The van der Waals surface area contributed by atoms with E-state index in [4.69, 9.17) is 0 Å². The molecule has 0 aromatic heterocycles. The molecule has 20 heteroatoms. The molecule has 0 aliphatic rings. The maximum absolute atomic E-state index is 13.2. The summed E-state index contributed by atoms with van der Waals surface area (Å²) in [6.45, 7) is 0. The number of hydrogen-bond donors (Lipinski definition) is 0. The normalized spacial score (nSPS) is 16.9. The Hall–Kier alpha value is 0.120. The Morgan fingerprint density at radius 3 is 0.897 bits per heavy atom. The van der Waals surface area contributed by atoms with Crippen LogP contribution in [0.3, 0.4) is 0 Å². The number of hydrogen-bond acceptors (Lipinski definition) is 0. The van der Waals surface area contributed by atoms with Gasteiger partial charge in [0.1, 0.15) is 0 Å².